The van der Waals surface area contributed by atoms with Gasteiger partial charge < -0.3 is 0 Å². The molecule has 0 fully saturated rings. The maximum atomic E-state index is 6.02. The van der Waals surface area contributed by atoms with Crippen LogP contribution in [0.4, 0.5) is 0 Å². The van der Waals surface area contributed by atoms with Gasteiger partial charge in [-0.1, -0.05) is 11.6 Å². The fourth-order valence-electron chi connectivity index (χ4n) is 2.18. The molecule has 0 saturated heterocycles. The Kier molecular flexibility index (Phi) is 2.33. The summed E-state index contributed by atoms with van der Waals surface area (Å²) in [6.07, 6.45) is 4.90. The summed E-state index contributed by atoms with van der Waals surface area (Å²) < 4.78 is 0. The molecule has 0 aromatic carbocycles. The third kappa shape index (κ3) is 1.57. The summed E-state index contributed by atoms with van der Waals surface area (Å²) in [4.78, 5) is 4.36. The molecule has 2 aromatic heterocycles. The fourth-order valence-corrected chi connectivity index (χ4v) is 2.39. The van der Waals surface area contributed by atoms with Crippen LogP contribution >= 0.6 is 11.6 Å². The summed E-state index contributed by atoms with van der Waals surface area (Å²) in [5.41, 5.74) is 4.36. The first-order valence-electron chi connectivity index (χ1n) is 5.31. The molecule has 0 bridgehead atoms. The van der Waals surface area contributed by atoms with Gasteiger partial charge in [0.1, 0.15) is 5.15 Å². The average Bonchev–Trinajstić information content (AvgIpc) is 2.77. The van der Waals surface area contributed by atoms with Gasteiger partial charge in [0.15, 0.2) is 0 Å². The Hall–Kier alpha value is -1.48. The Bertz CT molecular complexity index is 525. The number of nitrogens with zero attached hydrogens (tertiary/aromatic N) is 3. The highest BCUT2D eigenvalue weighted by Gasteiger charge is 2.18. The average molecular weight is 232 g/mol. The van der Waals surface area contributed by atoms with Crippen LogP contribution in [0.1, 0.15) is 17.7 Å². The Labute approximate surface area is 98.5 Å². The minimum absolute atomic E-state index is 0.543. The van der Waals surface area contributed by atoms with Crippen LogP contribution in [0.3, 0.4) is 0 Å². The molecule has 0 unspecified atom stereocenters. The lowest BCUT2D eigenvalue weighted by molar-refractivity contribution is 0.899. The number of hydrogen-bond acceptors (Lipinski definition) is 3. The van der Waals surface area contributed by atoms with Crippen molar-refractivity contribution in [2.24, 2.45) is 0 Å². The lowest BCUT2D eigenvalue weighted by Crippen LogP contribution is -1.95. The summed E-state index contributed by atoms with van der Waals surface area (Å²) in [7, 11) is 0. The summed E-state index contributed by atoms with van der Waals surface area (Å²) in [5.74, 6) is 0. The molecule has 1 aliphatic carbocycles. The van der Waals surface area contributed by atoms with Gasteiger partial charge in [-0.2, -0.15) is 10.2 Å². The molecule has 0 saturated carbocycles. The predicted octanol–water partition coefficient (Wildman–Crippen LogP) is 2.68. The van der Waals surface area contributed by atoms with Crippen LogP contribution in [0.25, 0.3) is 11.3 Å². The van der Waals surface area contributed by atoms with Gasteiger partial charge in [0.05, 0.1) is 5.69 Å². The van der Waals surface area contributed by atoms with Crippen molar-refractivity contribution in [3.8, 4) is 11.3 Å². The molecule has 0 N–H and O–H groups in total. The zero-order valence-corrected chi connectivity index (χ0v) is 9.41. The zero-order valence-electron chi connectivity index (χ0n) is 8.65. The van der Waals surface area contributed by atoms with Crippen LogP contribution < -0.4 is 0 Å². The smallest absolute Gasteiger partial charge is 0.130 e. The molecular formula is C12H10ClN3. The Balaban J connectivity index is 2.21. The molecular weight excluding hydrogens is 222 g/mol. The third-order valence-corrected chi connectivity index (χ3v) is 3.06. The van der Waals surface area contributed by atoms with Crippen molar-refractivity contribution < 1.29 is 0 Å². The number of halogens is 1. The molecule has 0 aliphatic heterocycles. The first-order valence-corrected chi connectivity index (χ1v) is 5.69. The molecule has 2 heterocycles. The van der Waals surface area contributed by atoms with Crippen LogP contribution in [0, 0.1) is 0 Å². The van der Waals surface area contributed by atoms with E-state index in [-0.39, 0.29) is 0 Å². The highest BCUT2D eigenvalue weighted by atomic mass is 35.5. The number of aryl methyl sites for hydroxylation is 1. The van der Waals surface area contributed by atoms with Gasteiger partial charge >= 0.3 is 0 Å². The second kappa shape index (κ2) is 3.83. The number of pyridine rings is 1. The first-order chi connectivity index (χ1) is 7.84. The molecule has 3 rings (SSSR count). The minimum atomic E-state index is 0.543. The maximum absolute atomic E-state index is 6.02. The highest BCUT2D eigenvalue weighted by Crippen LogP contribution is 2.31. The van der Waals surface area contributed by atoms with Crippen molar-refractivity contribution in [3.63, 3.8) is 0 Å². The van der Waals surface area contributed by atoms with E-state index in [0.29, 0.717) is 5.15 Å². The first kappa shape index (κ1) is 9.73. The van der Waals surface area contributed by atoms with Gasteiger partial charge in [0, 0.05) is 17.5 Å². The Morgan fingerprint density at radius 3 is 3.00 bits per heavy atom. The molecule has 3 nitrogen and oxygen atoms in total. The van der Waals surface area contributed by atoms with Gasteiger partial charge in [-0.15, -0.1) is 0 Å². The van der Waals surface area contributed by atoms with E-state index in [9.17, 15) is 0 Å². The Morgan fingerprint density at radius 2 is 2.19 bits per heavy atom. The lowest BCUT2D eigenvalue weighted by Gasteiger charge is -2.07. The monoisotopic (exact) mass is 231 g/mol. The van der Waals surface area contributed by atoms with Crippen LogP contribution in [0.2, 0.25) is 5.15 Å². The SMILES string of the molecule is Clc1cc(-c2cccnn2)c2c(n1)CCC2. The van der Waals surface area contributed by atoms with Gasteiger partial charge in [0.25, 0.3) is 0 Å². The molecule has 0 amide bonds. The predicted molar refractivity (Wildman–Crippen MR) is 62.3 cm³/mol. The molecule has 0 spiro atoms. The van der Waals surface area contributed by atoms with Crippen LogP contribution in [-0.4, -0.2) is 15.2 Å². The van der Waals surface area contributed by atoms with E-state index in [1.165, 1.54) is 5.56 Å². The minimum Gasteiger partial charge on any atom is -0.241 e. The molecule has 2 aromatic rings. The molecule has 80 valence electrons. The van der Waals surface area contributed by atoms with Crippen molar-refractivity contribution in [2.45, 2.75) is 19.3 Å². The molecule has 1 aliphatic rings. The van der Waals surface area contributed by atoms with Gasteiger partial charge in [-0.25, -0.2) is 4.98 Å². The second-order valence-corrected chi connectivity index (χ2v) is 4.27. The van der Waals surface area contributed by atoms with E-state index < -0.39 is 0 Å². The van der Waals surface area contributed by atoms with Crippen LogP contribution in [-0.2, 0) is 12.8 Å². The van der Waals surface area contributed by atoms with Crippen LogP contribution in [0.15, 0.2) is 24.4 Å². The number of hydrogen-bond donors (Lipinski definition) is 0. The normalized spacial score (nSPS) is 13.8. The Morgan fingerprint density at radius 1 is 1.25 bits per heavy atom. The number of fused-ring (bicyclic) bond motifs is 1. The van der Waals surface area contributed by atoms with E-state index in [1.807, 2.05) is 18.2 Å². The van der Waals surface area contributed by atoms with Crippen molar-refractivity contribution in [1.82, 2.24) is 15.2 Å². The van der Waals surface area contributed by atoms with Crippen molar-refractivity contribution in [1.29, 1.82) is 0 Å². The van der Waals surface area contributed by atoms with Gasteiger partial charge in [-0.3, -0.25) is 0 Å². The van der Waals surface area contributed by atoms with Crippen molar-refractivity contribution in [2.75, 3.05) is 0 Å². The standard InChI is InChI=1S/C12H10ClN3/c13-12-7-9(11-5-2-6-14-16-11)8-3-1-4-10(8)15-12/h2,5-7H,1,3-4H2. The van der Waals surface area contributed by atoms with E-state index in [2.05, 4.69) is 15.2 Å². The van der Waals surface area contributed by atoms with Crippen LogP contribution in [0.5, 0.6) is 0 Å². The van der Waals surface area contributed by atoms with Crippen molar-refractivity contribution in [3.05, 3.63) is 40.8 Å². The quantitative estimate of drug-likeness (QED) is 0.709. The number of rotatable bonds is 1. The van der Waals surface area contributed by atoms with E-state index in [4.69, 9.17) is 11.6 Å². The van der Waals surface area contributed by atoms with Gasteiger partial charge in [-0.05, 0) is 43.0 Å². The van der Waals surface area contributed by atoms with E-state index in [1.54, 1.807) is 6.20 Å². The largest absolute Gasteiger partial charge is 0.241 e. The molecule has 0 atom stereocenters. The summed E-state index contributed by atoms with van der Waals surface area (Å²) in [6, 6.07) is 5.73. The van der Waals surface area contributed by atoms with E-state index >= 15 is 0 Å². The van der Waals surface area contributed by atoms with Gasteiger partial charge in [0.2, 0.25) is 0 Å². The zero-order chi connectivity index (χ0) is 11.0. The molecule has 16 heavy (non-hydrogen) atoms. The summed E-state index contributed by atoms with van der Waals surface area (Å²) in [6.45, 7) is 0. The molecule has 0 radical (unpaired) electrons. The second-order valence-electron chi connectivity index (χ2n) is 3.88. The molecule has 4 heteroatoms. The lowest BCUT2D eigenvalue weighted by atomic mass is 10.0. The maximum Gasteiger partial charge on any atom is 0.130 e. The van der Waals surface area contributed by atoms with Crippen molar-refractivity contribution >= 4 is 11.6 Å². The topological polar surface area (TPSA) is 38.7 Å². The summed E-state index contributed by atoms with van der Waals surface area (Å²) >= 11 is 6.02. The number of aromatic nitrogens is 3. The fraction of sp³-hybridized carbons (Fsp3) is 0.250. The third-order valence-electron chi connectivity index (χ3n) is 2.87. The highest BCUT2D eigenvalue weighted by molar-refractivity contribution is 6.29. The summed E-state index contributed by atoms with van der Waals surface area (Å²) in [5, 5.41) is 8.58. The van der Waals surface area contributed by atoms with E-state index in [0.717, 1.165) is 36.2 Å².